The van der Waals surface area contributed by atoms with Gasteiger partial charge in [0.1, 0.15) is 11.3 Å². The van der Waals surface area contributed by atoms with Crippen LogP contribution in [0.1, 0.15) is 30.6 Å². The zero-order chi connectivity index (χ0) is 15.1. The number of aryl methyl sites for hydroxylation is 3. The first-order valence-corrected chi connectivity index (χ1v) is 7.03. The third-order valence-electron chi connectivity index (χ3n) is 3.71. The summed E-state index contributed by atoms with van der Waals surface area (Å²) in [6.45, 7) is 5.85. The fourth-order valence-electron chi connectivity index (χ4n) is 2.77. The number of hydrogen-bond acceptors (Lipinski definition) is 4. The van der Waals surface area contributed by atoms with E-state index in [1.54, 1.807) is 19.2 Å². The Morgan fingerprint density at radius 1 is 1.29 bits per heavy atom. The molecule has 3 heterocycles. The summed E-state index contributed by atoms with van der Waals surface area (Å²) in [5.41, 5.74) is 3.44. The minimum Gasteiger partial charge on any atom is -0.618 e. The van der Waals surface area contributed by atoms with Gasteiger partial charge < -0.3 is 9.94 Å². The third-order valence-corrected chi connectivity index (χ3v) is 3.71. The Kier molecular flexibility index (Phi) is 3.16. The molecule has 0 radical (unpaired) electrons. The zero-order valence-electron chi connectivity index (χ0n) is 12.7. The van der Waals surface area contributed by atoms with Crippen molar-refractivity contribution >= 4 is 16.7 Å². The van der Waals surface area contributed by atoms with Crippen LogP contribution < -0.4 is 9.47 Å². The van der Waals surface area contributed by atoms with Crippen LogP contribution in [0.5, 0.6) is 5.88 Å². The topological polar surface area (TPSA) is 66.4 Å². The second-order valence-corrected chi connectivity index (χ2v) is 5.12. The van der Waals surface area contributed by atoms with Gasteiger partial charge in [-0.3, -0.25) is 4.40 Å². The maximum absolute atomic E-state index is 12.5. The molecule has 0 aliphatic rings. The average molecular weight is 286 g/mol. The van der Waals surface area contributed by atoms with Crippen LogP contribution in [0.4, 0.5) is 0 Å². The van der Waals surface area contributed by atoms with Gasteiger partial charge in [-0.05, 0) is 13.3 Å². The Balaban J connectivity index is 2.54. The number of methoxy groups -OCH3 is 1. The van der Waals surface area contributed by atoms with Gasteiger partial charge in [0, 0.05) is 25.5 Å². The molecule has 0 aliphatic heterocycles. The quantitative estimate of drug-likeness (QED) is 0.546. The minimum absolute atomic E-state index is 0.487. The van der Waals surface area contributed by atoms with Gasteiger partial charge in [-0.15, -0.1) is 0 Å². The van der Waals surface area contributed by atoms with Crippen molar-refractivity contribution in [2.45, 2.75) is 33.6 Å². The van der Waals surface area contributed by atoms with Gasteiger partial charge in [0.25, 0.3) is 5.52 Å². The number of fused-ring (bicyclic) bond motifs is 3. The Morgan fingerprint density at radius 2 is 2.05 bits per heavy atom. The highest BCUT2D eigenvalue weighted by Crippen LogP contribution is 2.22. The van der Waals surface area contributed by atoms with Crippen molar-refractivity contribution in [1.29, 1.82) is 0 Å². The molecule has 3 aromatic heterocycles. The van der Waals surface area contributed by atoms with Crippen LogP contribution >= 0.6 is 0 Å². The van der Waals surface area contributed by atoms with Crippen LogP contribution in [-0.2, 0) is 6.42 Å². The number of rotatable bonds is 3. The normalized spacial score (nSPS) is 11.4. The van der Waals surface area contributed by atoms with E-state index in [4.69, 9.17) is 4.74 Å². The Hall–Kier alpha value is -2.37. The van der Waals surface area contributed by atoms with Crippen molar-refractivity contribution in [1.82, 2.24) is 14.4 Å². The largest absolute Gasteiger partial charge is 0.618 e. The molecule has 0 spiro atoms. The zero-order valence-corrected chi connectivity index (χ0v) is 12.7. The van der Waals surface area contributed by atoms with Crippen molar-refractivity contribution in [3.05, 3.63) is 34.6 Å². The van der Waals surface area contributed by atoms with Crippen LogP contribution in [-0.4, -0.2) is 21.5 Å². The van der Waals surface area contributed by atoms with Crippen molar-refractivity contribution in [3.8, 4) is 5.88 Å². The van der Waals surface area contributed by atoms with E-state index in [2.05, 4.69) is 16.9 Å². The lowest BCUT2D eigenvalue weighted by molar-refractivity contribution is -0.583. The lowest BCUT2D eigenvalue weighted by Crippen LogP contribution is -2.33. The Labute approximate surface area is 122 Å². The molecule has 0 aliphatic carbocycles. The molecule has 21 heavy (non-hydrogen) atoms. The number of pyridine rings is 1. The Bertz CT molecular complexity index is 839. The molecule has 0 fully saturated rings. The predicted octanol–water partition coefficient (Wildman–Crippen LogP) is 2.09. The monoisotopic (exact) mass is 286 g/mol. The molecule has 0 N–H and O–H groups in total. The molecule has 0 bridgehead atoms. The van der Waals surface area contributed by atoms with Gasteiger partial charge in [-0.25, -0.2) is 4.98 Å². The maximum atomic E-state index is 12.5. The van der Waals surface area contributed by atoms with Crippen molar-refractivity contribution in [2.24, 2.45) is 0 Å². The summed E-state index contributed by atoms with van der Waals surface area (Å²) in [6, 6.07) is 3.44. The van der Waals surface area contributed by atoms with Crippen LogP contribution in [0.3, 0.4) is 0 Å². The molecule has 0 amide bonds. The van der Waals surface area contributed by atoms with Gasteiger partial charge in [0.05, 0.1) is 12.8 Å². The standard InChI is InChI=1S/C15H18N4O2/c1-5-6-12-16-9(2)14-10(3)19(20)11-7-8-13(21-4)17-15(11)18(12)14/h7-8H,5-6H2,1-4H3. The van der Waals surface area contributed by atoms with E-state index in [0.717, 1.165) is 34.6 Å². The first kappa shape index (κ1) is 13.6. The summed E-state index contributed by atoms with van der Waals surface area (Å²) in [5, 5.41) is 12.5. The summed E-state index contributed by atoms with van der Waals surface area (Å²) in [6.07, 6.45) is 1.82. The van der Waals surface area contributed by atoms with Gasteiger partial charge in [-0.2, -0.15) is 9.71 Å². The number of nitrogens with zero attached hydrogens (tertiary/aromatic N) is 4. The number of hydrogen-bond donors (Lipinski definition) is 0. The van der Waals surface area contributed by atoms with Gasteiger partial charge in [-0.1, -0.05) is 6.92 Å². The highest BCUT2D eigenvalue weighted by molar-refractivity contribution is 5.74. The average Bonchev–Trinajstić information content (AvgIpc) is 2.81. The second kappa shape index (κ2) is 4.87. The number of ether oxygens (including phenoxy) is 1. The predicted molar refractivity (Wildman–Crippen MR) is 79.5 cm³/mol. The van der Waals surface area contributed by atoms with Crippen LogP contribution in [0.2, 0.25) is 0 Å². The van der Waals surface area contributed by atoms with Crippen molar-refractivity contribution in [2.75, 3.05) is 7.11 Å². The SMILES string of the molecule is CCCc1nc(C)c2c(C)[n+]([O-])c3ccc(OC)nc3n12. The van der Waals surface area contributed by atoms with Crippen LogP contribution in [0, 0.1) is 19.1 Å². The lowest BCUT2D eigenvalue weighted by atomic mass is 10.3. The highest BCUT2D eigenvalue weighted by atomic mass is 16.5. The molecule has 0 saturated carbocycles. The van der Waals surface area contributed by atoms with E-state index in [1.165, 1.54) is 0 Å². The van der Waals surface area contributed by atoms with Crippen LogP contribution in [0.15, 0.2) is 12.1 Å². The van der Waals surface area contributed by atoms with E-state index in [1.807, 2.05) is 18.2 Å². The fourth-order valence-corrected chi connectivity index (χ4v) is 2.77. The molecule has 0 aromatic carbocycles. The molecule has 6 heteroatoms. The van der Waals surface area contributed by atoms with E-state index in [0.29, 0.717) is 22.7 Å². The van der Waals surface area contributed by atoms with Gasteiger partial charge >= 0.3 is 0 Å². The van der Waals surface area contributed by atoms with E-state index >= 15 is 0 Å². The first-order valence-electron chi connectivity index (χ1n) is 7.03. The number of aromatic nitrogens is 4. The highest BCUT2D eigenvalue weighted by Gasteiger charge is 2.22. The van der Waals surface area contributed by atoms with E-state index in [9.17, 15) is 5.21 Å². The number of imidazole rings is 1. The molecule has 0 unspecified atom stereocenters. The smallest absolute Gasteiger partial charge is 0.260 e. The summed E-state index contributed by atoms with van der Waals surface area (Å²) in [5.74, 6) is 1.42. The molecule has 3 rings (SSSR count). The molecule has 0 saturated heterocycles. The van der Waals surface area contributed by atoms with Crippen molar-refractivity contribution < 1.29 is 9.47 Å². The van der Waals surface area contributed by atoms with Gasteiger partial charge in [0.2, 0.25) is 17.2 Å². The first-order chi connectivity index (χ1) is 10.1. The molecule has 3 aromatic rings. The molecular formula is C15H18N4O2. The molecule has 6 nitrogen and oxygen atoms in total. The van der Waals surface area contributed by atoms with E-state index < -0.39 is 0 Å². The van der Waals surface area contributed by atoms with E-state index in [-0.39, 0.29) is 0 Å². The summed E-state index contributed by atoms with van der Waals surface area (Å²) < 4.78 is 8.10. The second-order valence-electron chi connectivity index (χ2n) is 5.12. The van der Waals surface area contributed by atoms with Crippen molar-refractivity contribution in [3.63, 3.8) is 0 Å². The summed E-state index contributed by atoms with van der Waals surface area (Å²) in [4.78, 5) is 9.08. The Morgan fingerprint density at radius 3 is 2.71 bits per heavy atom. The minimum atomic E-state index is 0.487. The lowest BCUT2D eigenvalue weighted by Gasteiger charge is -2.10. The third kappa shape index (κ3) is 1.90. The van der Waals surface area contributed by atoms with Gasteiger partial charge in [0.15, 0.2) is 0 Å². The van der Waals surface area contributed by atoms with Crippen LogP contribution in [0.25, 0.3) is 16.7 Å². The fraction of sp³-hybridized carbons (Fsp3) is 0.400. The summed E-state index contributed by atoms with van der Waals surface area (Å²) in [7, 11) is 1.57. The molecular weight excluding hydrogens is 268 g/mol. The summed E-state index contributed by atoms with van der Waals surface area (Å²) >= 11 is 0. The maximum Gasteiger partial charge on any atom is 0.260 e. The molecule has 110 valence electrons. The molecule has 0 atom stereocenters.